The lowest BCUT2D eigenvalue weighted by Gasteiger charge is -2.15. The number of halogens is 1. The van der Waals surface area contributed by atoms with E-state index in [0.717, 1.165) is 25.7 Å². The normalized spacial score (nSPS) is 12.9. The maximum absolute atomic E-state index is 12.1. The standard InChI is InChI=1S/C15H23ClN2O3S/c1-3-5-6-11(4-2)10-18-15(19)12-7-8-13(16)14(9-12)22(17,20)21/h7-9,11H,3-6,10H2,1-2H3,(H,18,19)(H2,17,20,21)/t11-/m1/s1. The molecule has 0 saturated heterocycles. The number of primary sulfonamides is 1. The van der Waals surface area contributed by atoms with E-state index in [2.05, 4.69) is 19.2 Å². The van der Waals surface area contributed by atoms with Gasteiger partial charge in [0.05, 0.1) is 5.02 Å². The minimum Gasteiger partial charge on any atom is -0.352 e. The highest BCUT2D eigenvalue weighted by Crippen LogP contribution is 2.21. The van der Waals surface area contributed by atoms with Crippen LogP contribution in [0.1, 0.15) is 49.9 Å². The number of unbranched alkanes of at least 4 members (excludes halogenated alkanes) is 1. The van der Waals surface area contributed by atoms with E-state index in [0.29, 0.717) is 12.5 Å². The van der Waals surface area contributed by atoms with Crippen molar-refractivity contribution in [1.29, 1.82) is 0 Å². The first kappa shape index (κ1) is 18.9. The molecule has 1 atom stereocenters. The first-order valence-corrected chi connectivity index (χ1v) is 9.32. The lowest BCUT2D eigenvalue weighted by atomic mass is 9.99. The van der Waals surface area contributed by atoms with Crippen molar-refractivity contribution in [2.75, 3.05) is 6.54 Å². The van der Waals surface area contributed by atoms with E-state index in [1.165, 1.54) is 18.2 Å². The van der Waals surface area contributed by atoms with Gasteiger partial charge in [-0.1, -0.05) is 44.7 Å². The third kappa shape index (κ3) is 5.59. The fourth-order valence-electron chi connectivity index (χ4n) is 2.15. The molecule has 0 aliphatic heterocycles. The maximum Gasteiger partial charge on any atom is 0.251 e. The third-order valence-electron chi connectivity index (χ3n) is 3.59. The van der Waals surface area contributed by atoms with Crippen molar-refractivity contribution >= 4 is 27.5 Å². The Bertz CT molecular complexity index is 617. The summed E-state index contributed by atoms with van der Waals surface area (Å²) in [5.74, 6) is 0.102. The maximum atomic E-state index is 12.1. The van der Waals surface area contributed by atoms with Crippen LogP contribution in [-0.2, 0) is 10.0 Å². The number of carbonyl (C=O) groups excluding carboxylic acids is 1. The van der Waals surface area contributed by atoms with E-state index in [4.69, 9.17) is 16.7 Å². The van der Waals surface area contributed by atoms with Crippen LogP contribution in [0.4, 0.5) is 0 Å². The van der Waals surface area contributed by atoms with Gasteiger partial charge in [0.15, 0.2) is 0 Å². The average molecular weight is 347 g/mol. The Morgan fingerprint density at radius 3 is 2.59 bits per heavy atom. The van der Waals surface area contributed by atoms with Crippen molar-refractivity contribution in [1.82, 2.24) is 5.32 Å². The van der Waals surface area contributed by atoms with Crippen LogP contribution in [-0.4, -0.2) is 20.9 Å². The SMILES string of the molecule is CCCC[C@@H](CC)CNC(=O)c1ccc(Cl)c(S(N)(=O)=O)c1. The van der Waals surface area contributed by atoms with Crippen LogP contribution in [0.25, 0.3) is 0 Å². The Labute approximate surface area is 137 Å². The summed E-state index contributed by atoms with van der Waals surface area (Å²) in [7, 11) is -3.95. The molecule has 0 aliphatic rings. The fraction of sp³-hybridized carbons (Fsp3) is 0.533. The molecule has 0 radical (unpaired) electrons. The molecule has 0 fully saturated rings. The number of nitrogens with two attached hydrogens (primary N) is 1. The van der Waals surface area contributed by atoms with Crippen LogP contribution >= 0.6 is 11.6 Å². The predicted octanol–water partition coefficient (Wildman–Crippen LogP) is 2.93. The number of hydrogen-bond acceptors (Lipinski definition) is 3. The summed E-state index contributed by atoms with van der Waals surface area (Å²) in [4.78, 5) is 11.9. The van der Waals surface area contributed by atoms with E-state index in [9.17, 15) is 13.2 Å². The van der Waals surface area contributed by atoms with Crippen LogP contribution in [0.15, 0.2) is 23.1 Å². The van der Waals surface area contributed by atoms with Gasteiger partial charge >= 0.3 is 0 Å². The molecule has 0 unspecified atom stereocenters. The summed E-state index contributed by atoms with van der Waals surface area (Å²) in [6.45, 7) is 4.80. The molecule has 0 heterocycles. The summed E-state index contributed by atoms with van der Waals surface area (Å²) in [5, 5.41) is 7.93. The van der Waals surface area contributed by atoms with Crippen LogP contribution in [0.5, 0.6) is 0 Å². The van der Waals surface area contributed by atoms with E-state index in [1.54, 1.807) is 0 Å². The number of carbonyl (C=O) groups is 1. The zero-order chi connectivity index (χ0) is 16.8. The number of rotatable bonds is 8. The molecule has 124 valence electrons. The number of sulfonamides is 1. The molecule has 0 aliphatic carbocycles. The van der Waals surface area contributed by atoms with Gasteiger partial charge < -0.3 is 5.32 Å². The highest BCUT2D eigenvalue weighted by Gasteiger charge is 2.17. The molecule has 0 bridgehead atoms. The molecule has 0 saturated carbocycles. The predicted molar refractivity (Wildman–Crippen MR) is 88.5 cm³/mol. The van der Waals surface area contributed by atoms with Gasteiger partial charge in [-0.25, -0.2) is 13.6 Å². The van der Waals surface area contributed by atoms with Gasteiger partial charge in [0.25, 0.3) is 5.91 Å². The van der Waals surface area contributed by atoms with E-state index < -0.39 is 10.0 Å². The molecule has 5 nitrogen and oxygen atoms in total. The minimum absolute atomic E-state index is 0.00781. The van der Waals surface area contributed by atoms with Crippen molar-refractivity contribution in [3.63, 3.8) is 0 Å². The summed E-state index contributed by atoms with van der Waals surface area (Å²) in [6.07, 6.45) is 4.31. The van der Waals surface area contributed by atoms with Gasteiger partial charge in [-0.2, -0.15) is 0 Å². The average Bonchev–Trinajstić information content (AvgIpc) is 2.46. The Kier molecular flexibility index (Phi) is 7.32. The summed E-state index contributed by atoms with van der Waals surface area (Å²) >= 11 is 5.80. The van der Waals surface area contributed by atoms with Gasteiger partial charge in [-0.3, -0.25) is 4.79 Å². The Hall–Kier alpha value is -1.11. The molecule has 0 aromatic heterocycles. The van der Waals surface area contributed by atoms with Gasteiger partial charge in [-0.05, 0) is 30.5 Å². The van der Waals surface area contributed by atoms with Gasteiger partial charge in [0.1, 0.15) is 4.90 Å². The second-order valence-electron chi connectivity index (χ2n) is 5.32. The monoisotopic (exact) mass is 346 g/mol. The number of benzene rings is 1. The van der Waals surface area contributed by atoms with Crippen molar-refractivity contribution in [3.8, 4) is 0 Å². The number of nitrogens with one attached hydrogen (secondary N) is 1. The van der Waals surface area contributed by atoms with E-state index >= 15 is 0 Å². The molecule has 1 rings (SSSR count). The van der Waals surface area contributed by atoms with E-state index in [1.807, 2.05) is 0 Å². The van der Waals surface area contributed by atoms with Gasteiger partial charge in [0.2, 0.25) is 10.0 Å². The second-order valence-corrected chi connectivity index (χ2v) is 7.25. The second kappa shape index (κ2) is 8.50. The Morgan fingerprint density at radius 2 is 2.05 bits per heavy atom. The van der Waals surface area contributed by atoms with Crippen LogP contribution < -0.4 is 10.5 Å². The van der Waals surface area contributed by atoms with Crippen LogP contribution in [0.2, 0.25) is 5.02 Å². The molecular weight excluding hydrogens is 324 g/mol. The minimum atomic E-state index is -3.95. The zero-order valence-electron chi connectivity index (χ0n) is 12.9. The fourth-order valence-corrected chi connectivity index (χ4v) is 3.22. The Balaban J connectivity index is 2.78. The molecule has 1 aromatic rings. The van der Waals surface area contributed by atoms with Crippen molar-refractivity contribution in [3.05, 3.63) is 28.8 Å². The molecule has 3 N–H and O–H groups in total. The lowest BCUT2D eigenvalue weighted by Crippen LogP contribution is -2.29. The molecule has 0 spiro atoms. The molecule has 1 aromatic carbocycles. The van der Waals surface area contributed by atoms with Crippen molar-refractivity contribution in [2.24, 2.45) is 11.1 Å². The largest absolute Gasteiger partial charge is 0.352 e. The van der Waals surface area contributed by atoms with Crippen molar-refractivity contribution in [2.45, 2.75) is 44.4 Å². The molecule has 1 amide bonds. The number of amides is 1. The topological polar surface area (TPSA) is 89.3 Å². The Morgan fingerprint density at radius 1 is 1.36 bits per heavy atom. The van der Waals surface area contributed by atoms with Crippen molar-refractivity contribution < 1.29 is 13.2 Å². The smallest absolute Gasteiger partial charge is 0.251 e. The van der Waals surface area contributed by atoms with E-state index in [-0.39, 0.29) is 21.4 Å². The summed E-state index contributed by atoms with van der Waals surface area (Å²) < 4.78 is 22.8. The first-order valence-electron chi connectivity index (χ1n) is 7.40. The van der Waals surface area contributed by atoms with Crippen LogP contribution in [0, 0.1) is 5.92 Å². The highest BCUT2D eigenvalue weighted by atomic mass is 35.5. The molecule has 7 heteroatoms. The number of hydrogen-bond donors (Lipinski definition) is 2. The molecular formula is C15H23ClN2O3S. The van der Waals surface area contributed by atoms with Gasteiger partial charge in [0, 0.05) is 12.1 Å². The summed E-state index contributed by atoms with van der Waals surface area (Å²) in [5.41, 5.74) is 0.235. The third-order valence-corrected chi connectivity index (χ3v) is 4.99. The highest BCUT2D eigenvalue weighted by molar-refractivity contribution is 7.89. The van der Waals surface area contributed by atoms with Gasteiger partial charge in [-0.15, -0.1) is 0 Å². The first-order chi connectivity index (χ1) is 10.3. The lowest BCUT2D eigenvalue weighted by molar-refractivity contribution is 0.0945. The quantitative estimate of drug-likeness (QED) is 0.758. The van der Waals surface area contributed by atoms with Crippen LogP contribution in [0.3, 0.4) is 0 Å². The summed E-state index contributed by atoms with van der Waals surface area (Å²) in [6, 6.07) is 4.06. The molecule has 22 heavy (non-hydrogen) atoms. The zero-order valence-corrected chi connectivity index (χ0v) is 14.5.